The number of hydrogen-bond acceptors (Lipinski definition) is 2. The highest BCUT2D eigenvalue weighted by Crippen LogP contribution is 2.06. The Hall–Kier alpha value is -0.600. The summed E-state index contributed by atoms with van der Waals surface area (Å²) < 4.78 is 0. The molecule has 2 nitrogen and oxygen atoms in total. The van der Waals surface area contributed by atoms with Gasteiger partial charge in [-0.2, -0.15) is 0 Å². The number of halogens is 1. The zero-order valence-electron chi connectivity index (χ0n) is 5.42. The number of aliphatic hydroxyl groups is 1. The second-order valence-electron chi connectivity index (χ2n) is 1.90. The second-order valence-corrected chi connectivity index (χ2v) is 2.17. The average molecular weight is 158 g/mol. The highest BCUT2D eigenvalue weighted by Gasteiger charge is 1.97. The van der Waals surface area contributed by atoms with Gasteiger partial charge in [0.05, 0.1) is 18.2 Å². The Labute approximate surface area is 64.5 Å². The third-order valence-corrected chi connectivity index (χ3v) is 1.53. The molecule has 0 aromatic carbocycles. The second kappa shape index (κ2) is 3.54. The molecule has 0 unspecified atom stereocenters. The van der Waals surface area contributed by atoms with Gasteiger partial charge in [-0.15, -0.1) is 11.6 Å². The van der Waals surface area contributed by atoms with Crippen LogP contribution in [0.5, 0.6) is 0 Å². The standard InChI is InChI=1S/C7H8ClNO/c8-4-7-6(5-10)2-1-3-9-7/h1-3,10H,4-5H2. The van der Waals surface area contributed by atoms with Gasteiger partial charge in [0.1, 0.15) is 0 Å². The molecule has 1 aromatic rings. The minimum absolute atomic E-state index is 0.00981. The Morgan fingerprint density at radius 1 is 1.60 bits per heavy atom. The van der Waals surface area contributed by atoms with Crippen molar-refractivity contribution < 1.29 is 5.11 Å². The molecular formula is C7H8ClNO. The third-order valence-electron chi connectivity index (χ3n) is 1.28. The summed E-state index contributed by atoms with van der Waals surface area (Å²) in [6.45, 7) is 0.00981. The van der Waals surface area contributed by atoms with Crippen molar-refractivity contribution in [2.24, 2.45) is 0 Å². The first-order valence-electron chi connectivity index (χ1n) is 2.98. The van der Waals surface area contributed by atoms with Crippen molar-refractivity contribution in [3.05, 3.63) is 29.6 Å². The number of alkyl halides is 1. The summed E-state index contributed by atoms with van der Waals surface area (Å²) in [5, 5.41) is 8.75. The lowest BCUT2D eigenvalue weighted by Gasteiger charge is -1.99. The molecule has 1 rings (SSSR count). The van der Waals surface area contributed by atoms with Gasteiger partial charge >= 0.3 is 0 Å². The van der Waals surface area contributed by atoms with Crippen molar-refractivity contribution >= 4 is 11.6 Å². The average Bonchev–Trinajstić information content (AvgIpc) is 2.04. The van der Waals surface area contributed by atoms with Crippen LogP contribution < -0.4 is 0 Å². The number of pyridine rings is 1. The topological polar surface area (TPSA) is 33.1 Å². The Morgan fingerprint density at radius 3 is 2.90 bits per heavy atom. The largest absolute Gasteiger partial charge is 0.392 e. The molecule has 0 saturated heterocycles. The number of aliphatic hydroxyl groups excluding tert-OH is 1. The Balaban J connectivity index is 2.96. The van der Waals surface area contributed by atoms with Gasteiger partial charge in [0.2, 0.25) is 0 Å². The van der Waals surface area contributed by atoms with E-state index in [0.717, 1.165) is 11.3 Å². The van der Waals surface area contributed by atoms with Crippen molar-refractivity contribution in [3.63, 3.8) is 0 Å². The zero-order chi connectivity index (χ0) is 7.40. The summed E-state index contributed by atoms with van der Waals surface area (Å²) in [5.41, 5.74) is 1.56. The van der Waals surface area contributed by atoms with Gasteiger partial charge in [-0.25, -0.2) is 0 Å². The SMILES string of the molecule is OCc1cccnc1CCl. The summed E-state index contributed by atoms with van der Waals surface area (Å²) in [6, 6.07) is 3.59. The number of nitrogens with zero attached hydrogens (tertiary/aromatic N) is 1. The van der Waals surface area contributed by atoms with Gasteiger partial charge in [0, 0.05) is 11.8 Å². The van der Waals surface area contributed by atoms with E-state index in [9.17, 15) is 0 Å². The van der Waals surface area contributed by atoms with Crippen LogP contribution in [0.25, 0.3) is 0 Å². The van der Waals surface area contributed by atoms with E-state index in [1.807, 2.05) is 6.07 Å². The fourth-order valence-corrected chi connectivity index (χ4v) is 0.976. The predicted molar refractivity (Wildman–Crippen MR) is 39.7 cm³/mol. The molecule has 0 bridgehead atoms. The molecule has 0 aliphatic rings. The van der Waals surface area contributed by atoms with Gasteiger partial charge in [0.25, 0.3) is 0 Å². The van der Waals surface area contributed by atoms with Gasteiger partial charge in [0.15, 0.2) is 0 Å². The Bertz CT molecular complexity index is 192. The van der Waals surface area contributed by atoms with E-state index < -0.39 is 0 Å². The molecule has 10 heavy (non-hydrogen) atoms. The van der Waals surface area contributed by atoms with Crippen molar-refractivity contribution in [2.45, 2.75) is 12.5 Å². The van der Waals surface area contributed by atoms with Crippen molar-refractivity contribution in [1.29, 1.82) is 0 Å². The molecule has 3 heteroatoms. The number of rotatable bonds is 2. The molecule has 0 spiro atoms. The summed E-state index contributed by atoms with van der Waals surface area (Å²) in [4.78, 5) is 3.98. The normalized spacial score (nSPS) is 9.80. The zero-order valence-corrected chi connectivity index (χ0v) is 6.17. The van der Waals surface area contributed by atoms with Crippen molar-refractivity contribution in [2.75, 3.05) is 0 Å². The van der Waals surface area contributed by atoms with Crippen LogP contribution in [-0.4, -0.2) is 10.1 Å². The van der Waals surface area contributed by atoms with Gasteiger partial charge in [-0.1, -0.05) is 6.07 Å². The molecule has 0 fully saturated rings. The maximum atomic E-state index is 8.75. The first-order chi connectivity index (χ1) is 4.88. The summed E-state index contributed by atoms with van der Waals surface area (Å²) in [7, 11) is 0. The highest BCUT2D eigenvalue weighted by atomic mass is 35.5. The molecule has 0 atom stereocenters. The van der Waals surface area contributed by atoms with E-state index in [0.29, 0.717) is 5.88 Å². The molecule has 0 aliphatic carbocycles. The lowest BCUT2D eigenvalue weighted by Crippen LogP contribution is -1.93. The molecule has 0 amide bonds. The smallest absolute Gasteiger partial charge is 0.0700 e. The Kier molecular flexibility index (Phi) is 2.66. The van der Waals surface area contributed by atoms with Crippen LogP contribution in [0.2, 0.25) is 0 Å². The fraction of sp³-hybridized carbons (Fsp3) is 0.286. The molecule has 0 aliphatic heterocycles. The highest BCUT2D eigenvalue weighted by molar-refractivity contribution is 6.16. The van der Waals surface area contributed by atoms with E-state index >= 15 is 0 Å². The van der Waals surface area contributed by atoms with Gasteiger partial charge in [-0.05, 0) is 6.07 Å². The Morgan fingerprint density at radius 2 is 2.40 bits per heavy atom. The van der Waals surface area contributed by atoms with E-state index in [1.165, 1.54) is 0 Å². The van der Waals surface area contributed by atoms with Crippen LogP contribution in [-0.2, 0) is 12.5 Å². The van der Waals surface area contributed by atoms with E-state index in [4.69, 9.17) is 16.7 Å². The fourth-order valence-electron chi connectivity index (χ4n) is 0.736. The molecule has 0 radical (unpaired) electrons. The quantitative estimate of drug-likeness (QED) is 0.657. The number of aromatic nitrogens is 1. The predicted octanol–water partition coefficient (Wildman–Crippen LogP) is 1.31. The van der Waals surface area contributed by atoms with Crippen LogP contribution in [0.15, 0.2) is 18.3 Å². The van der Waals surface area contributed by atoms with Gasteiger partial charge < -0.3 is 5.11 Å². The van der Waals surface area contributed by atoms with Crippen LogP contribution in [0.4, 0.5) is 0 Å². The van der Waals surface area contributed by atoms with Crippen LogP contribution in [0, 0.1) is 0 Å². The molecule has 0 saturated carbocycles. The van der Waals surface area contributed by atoms with Gasteiger partial charge in [-0.3, -0.25) is 4.98 Å². The minimum atomic E-state index is 0.00981. The minimum Gasteiger partial charge on any atom is -0.392 e. The summed E-state index contributed by atoms with van der Waals surface area (Å²) in [5.74, 6) is 0.358. The van der Waals surface area contributed by atoms with E-state index in [2.05, 4.69) is 4.98 Å². The lowest BCUT2D eigenvalue weighted by atomic mass is 10.2. The summed E-state index contributed by atoms with van der Waals surface area (Å²) in [6.07, 6.45) is 1.66. The third kappa shape index (κ3) is 1.46. The molecule has 54 valence electrons. The first-order valence-corrected chi connectivity index (χ1v) is 3.51. The van der Waals surface area contributed by atoms with E-state index in [-0.39, 0.29) is 6.61 Å². The molecule has 1 N–H and O–H groups in total. The van der Waals surface area contributed by atoms with Crippen LogP contribution >= 0.6 is 11.6 Å². The first kappa shape index (κ1) is 7.51. The molecule has 1 heterocycles. The summed E-state index contributed by atoms with van der Waals surface area (Å²) >= 11 is 5.54. The van der Waals surface area contributed by atoms with Crippen molar-refractivity contribution in [1.82, 2.24) is 4.98 Å². The number of hydrogen-bond donors (Lipinski definition) is 1. The molecule has 1 aromatic heterocycles. The van der Waals surface area contributed by atoms with Crippen LogP contribution in [0.3, 0.4) is 0 Å². The maximum Gasteiger partial charge on any atom is 0.0700 e. The van der Waals surface area contributed by atoms with E-state index in [1.54, 1.807) is 12.3 Å². The van der Waals surface area contributed by atoms with Crippen molar-refractivity contribution in [3.8, 4) is 0 Å². The van der Waals surface area contributed by atoms with Crippen LogP contribution in [0.1, 0.15) is 11.3 Å². The lowest BCUT2D eigenvalue weighted by molar-refractivity contribution is 0.280. The molecular weight excluding hydrogens is 150 g/mol. The monoisotopic (exact) mass is 157 g/mol. The maximum absolute atomic E-state index is 8.75.